The molecule has 1 unspecified atom stereocenters. The van der Waals surface area contributed by atoms with Gasteiger partial charge in [-0.3, -0.25) is 9.59 Å². The monoisotopic (exact) mass is 310 g/mol. The van der Waals surface area contributed by atoms with Crippen LogP contribution in [0.5, 0.6) is 0 Å². The Labute approximate surface area is 134 Å². The Morgan fingerprint density at radius 2 is 1.57 bits per heavy atom. The number of carbonyl (C=O) groups is 2. The molecule has 2 N–H and O–H groups in total. The van der Waals surface area contributed by atoms with E-state index in [1.54, 1.807) is 29.2 Å². The average Bonchev–Trinajstić information content (AvgIpc) is 3.03. The topological polar surface area (TPSA) is 69.6 Å². The third kappa shape index (κ3) is 3.24. The maximum Gasteiger partial charge on any atom is 0.251 e. The van der Waals surface area contributed by atoms with E-state index in [0.717, 1.165) is 11.1 Å². The zero-order valence-electron chi connectivity index (χ0n) is 12.6. The Kier molecular flexibility index (Phi) is 4.39. The highest BCUT2D eigenvalue weighted by Crippen LogP contribution is 2.22. The van der Waals surface area contributed by atoms with Crippen molar-refractivity contribution < 1.29 is 14.7 Å². The van der Waals surface area contributed by atoms with Gasteiger partial charge in [-0.2, -0.15) is 0 Å². The lowest BCUT2D eigenvalue weighted by Gasteiger charge is -2.22. The summed E-state index contributed by atoms with van der Waals surface area (Å²) in [5, 5.41) is 12.1. The smallest absolute Gasteiger partial charge is 0.251 e. The minimum absolute atomic E-state index is 0.270. The van der Waals surface area contributed by atoms with Crippen molar-refractivity contribution in [3.8, 4) is 0 Å². The molecular formula is C18H18N2O3. The van der Waals surface area contributed by atoms with E-state index >= 15 is 0 Å². The first kappa shape index (κ1) is 15.2. The summed E-state index contributed by atoms with van der Waals surface area (Å²) >= 11 is 0. The van der Waals surface area contributed by atoms with Crippen LogP contribution >= 0.6 is 0 Å². The van der Waals surface area contributed by atoms with E-state index in [1.165, 1.54) is 0 Å². The summed E-state index contributed by atoms with van der Waals surface area (Å²) in [4.78, 5) is 26.4. The molecular weight excluding hydrogens is 292 g/mol. The largest absolute Gasteiger partial charge is 0.394 e. The lowest BCUT2D eigenvalue weighted by molar-refractivity contribution is -0.134. The Balaban J connectivity index is 1.67. The van der Waals surface area contributed by atoms with Gasteiger partial charge in [0.05, 0.1) is 6.61 Å². The molecule has 1 heterocycles. The molecule has 23 heavy (non-hydrogen) atoms. The quantitative estimate of drug-likeness (QED) is 0.895. The number of rotatable bonds is 4. The minimum Gasteiger partial charge on any atom is -0.394 e. The van der Waals surface area contributed by atoms with Gasteiger partial charge in [-0.25, -0.2) is 0 Å². The van der Waals surface area contributed by atoms with E-state index < -0.39 is 12.6 Å². The van der Waals surface area contributed by atoms with Crippen molar-refractivity contribution >= 4 is 11.8 Å². The molecule has 1 atom stereocenters. The molecule has 1 aliphatic heterocycles. The van der Waals surface area contributed by atoms with Gasteiger partial charge in [-0.15, -0.1) is 0 Å². The first-order valence-corrected chi connectivity index (χ1v) is 7.51. The molecule has 0 radical (unpaired) electrons. The molecule has 0 saturated carbocycles. The number of hydrogen-bond acceptors (Lipinski definition) is 3. The van der Waals surface area contributed by atoms with Crippen molar-refractivity contribution in [2.45, 2.75) is 19.1 Å². The van der Waals surface area contributed by atoms with E-state index in [4.69, 9.17) is 0 Å². The van der Waals surface area contributed by atoms with Crippen LogP contribution in [-0.4, -0.2) is 34.5 Å². The Morgan fingerprint density at radius 3 is 2.13 bits per heavy atom. The van der Waals surface area contributed by atoms with Crippen LogP contribution in [0.25, 0.3) is 0 Å². The van der Waals surface area contributed by atoms with Crippen LogP contribution in [0.1, 0.15) is 21.5 Å². The molecule has 0 bridgehead atoms. The summed E-state index contributed by atoms with van der Waals surface area (Å²) in [6.45, 7) is 0.587. The van der Waals surface area contributed by atoms with Gasteiger partial charge in [0.2, 0.25) is 5.91 Å². The Hall–Kier alpha value is -2.66. The molecule has 0 saturated heterocycles. The standard InChI is InChI=1S/C18H18N2O3/c21-12-16(19-17(22)13-6-2-1-3-7-13)18(23)20-10-14-8-4-5-9-15(14)11-20/h1-9,16,21H,10-12H2,(H,19,22). The summed E-state index contributed by atoms with van der Waals surface area (Å²) in [5.74, 6) is -0.636. The van der Waals surface area contributed by atoms with Crippen LogP contribution in [0, 0.1) is 0 Å². The third-order valence-corrected chi connectivity index (χ3v) is 3.97. The molecule has 118 valence electrons. The highest BCUT2D eigenvalue weighted by Gasteiger charge is 2.29. The molecule has 1 aliphatic rings. The maximum absolute atomic E-state index is 12.6. The predicted octanol–water partition coefficient (Wildman–Crippen LogP) is 1.32. The molecule has 0 aromatic heterocycles. The second kappa shape index (κ2) is 6.62. The molecule has 0 aliphatic carbocycles. The van der Waals surface area contributed by atoms with Crippen molar-refractivity contribution in [1.29, 1.82) is 0 Å². The van der Waals surface area contributed by atoms with Gasteiger partial charge in [-0.05, 0) is 23.3 Å². The van der Waals surface area contributed by atoms with Gasteiger partial charge in [0.1, 0.15) is 6.04 Å². The zero-order chi connectivity index (χ0) is 16.2. The molecule has 2 amide bonds. The number of nitrogens with one attached hydrogen (secondary N) is 1. The van der Waals surface area contributed by atoms with Gasteiger partial charge in [0.15, 0.2) is 0 Å². The number of fused-ring (bicyclic) bond motifs is 1. The number of aliphatic hydroxyl groups excluding tert-OH is 1. The fourth-order valence-electron chi connectivity index (χ4n) is 2.73. The lowest BCUT2D eigenvalue weighted by atomic mass is 10.1. The molecule has 2 aromatic carbocycles. The normalized spacial score (nSPS) is 14.2. The van der Waals surface area contributed by atoms with E-state index in [2.05, 4.69) is 5.32 Å². The van der Waals surface area contributed by atoms with Gasteiger partial charge in [0.25, 0.3) is 5.91 Å². The number of nitrogens with zero attached hydrogens (tertiary/aromatic N) is 1. The van der Waals surface area contributed by atoms with Gasteiger partial charge in [0, 0.05) is 18.7 Å². The van der Waals surface area contributed by atoms with Crippen molar-refractivity contribution in [3.63, 3.8) is 0 Å². The molecule has 0 fully saturated rings. The number of hydrogen-bond donors (Lipinski definition) is 2. The second-order valence-corrected chi connectivity index (χ2v) is 5.54. The maximum atomic E-state index is 12.6. The van der Waals surface area contributed by atoms with Crippen LogP contribution < -0.4 is 5.32 Å². The van der Waals surface area contributed by atoms with Crippen LogP contribution in [-0.2, 0) is 17.9 Å². The number of carbonyl (C=O) groups excluding carboxylic acids is 2. The molecule has 5 nitrogen and oxygen atoms in total. The summed E-state index contributed by atoms with van der Waals surface area (Å²) in [6, 6.07) is 15.6. The molecule has 0 spiro atoms. The van der Waals surface area contributed by atoms with Crippen LogP contribution in [0.15, 0.2) is 54.6 Å². The summed E-state index contributed by atoms with van der Waals surface area (Å²) < 4.78 is 0. The van der Waals surface area contributed by atoms with Gasteiger partial charge >= 0.3 is 0 Å². The average molecular weight is 310 g/mol. The van der Waals surface area contributed by atoms with E-state index in [1.807, 2.05) is 30.3 Å². The number of benzene rings is 2. The number of aliphatic hydroxyl groups is 1. The van der Waals surface area contributed by atoms with Gasteiger partial charge < -0.3 is 15.3 Å². The first-order chi connectivity index (χ1) is 11.2. The summed E-state index contributed by atoms with van der Waals surface area (Å²) in [7, 11) is 0. The van der Waals surface area contributed by atoms with E-state index in [-0.39, 0.29) is 11.8 Å². The zero-order valence-corrected chi connectivity index (χ0v) is 12.6. The van der Waals surface area contributed by atoms with Crippen LogP contribution in [0.2, 0.25) is 0 Å². The molecule has 5 heteroatoms. The van der Waals surface area contributed by atoms with E-state index in [9.17, 15) is 14.7 Å². The fraction of sp³-hybridized carbons (Fsp3) is 0.222. The molecule has 2 aromatic rings. The predicted molar refractivity (Wildman–Crippen MR) is 85.5 cm³/mol. The highest BCUT2D eigenvalue weighted by atomic mass is 16.3. The first-order valence-electron chi connectivity index (χ1n) is 7.51. The Morgan fingerprint density at radius 1 is 1.00 bits per heavy atom. The third-order valence-electron chi connectivity index (χ3n) is 3.97. The van der Waals surface area contributed by atoms with Crippen molar-refractivity contribution in [2.75, 3.05) is 6.61 Å². The second-order valence-electron chi connectivity index (χ2n) is 5.54. The SMILES string of the molecule is O=C(NC(CO)C(=O)N1Cc2ccccc2C1)c1ccccc1. The van der Waals surface area contributed by atoms with E-state index in [0.29, 0.717) is 18.7 Å². The van der Waals surface area contributed by atoms with Crippen molar-refractivity contribution in [3.05, 3.63) is 71.3 Å². The summed E-state index contributed by atoms with van der Waals surface area (Å²) in [5.41, 5.74) is 2.67. The molecule has 3 rings (SSSR count). The van der Waals surface area contributed by atoms with Crippen LogP contribution in [0.4, 0.5) is 0 Å². The summed E-state index contributed by atoms with van der Waals surface area (Å²) in [6.07, 6.45) is 0. The minimum atomic E-state index is -0.933. The van der Waals surface area contributed by atoms with Crippen molar-refractivity contribution in [1.82, 2.24) is 10.2 Å². The lowest BCUT2D eigenvalue weighted by Crippen LogP contribution is -2.49. The van der Waals surface area contributed by atoms with Gasteiger partial charge in [-0.1, -0.05) is 42.5 Å². The Bertz CT molecular complexity index is 690. The fourth-order valence-corrected chi connectivity index (χ4v) is 2.73. The van der Waals surface area contributed by atoms with Crippen molar-refractivity contribution in [2.24, 2.45) is 0 Å². The number of amides is 2. The highest BCUT2D eigenvalue weighted by molar-refractivity contribution is 5.97. The van der Waals surface area contributed by atoms with Crippen LogP contribution in [0.3, 0.4) is 0 Å².